The highest BCUT2D eigenvalue weighted by Gasteiger charge is 2.28. The van der Waals surface area contributed by atoms with E-state index in [2.05, 4.69) is 16.6 Å². The van der Waals surface area contributed by atoms with Gasteiger partial charge in [-0.1, -0.05) is 18.5 Å². The molecule has 1 atom stereocenters. The first-order valence-corrected chi connectivity index (χ1v) is 7.46. The molecule has 0 aliphatic heterocycles. The van der Waals surface area contributed by atoms with E-state index in [1.807, 2.05) is 0 Å². The summed E-state index contributed by atoms with van der Waals surface area (Å²) in [4.78, 5) is 3.93. The summed E-state index contributed by atoms with van der Waals surface area (Å²) in [6.07, 6.45) is 3.81. The van der Waals surface area contributed by atoms with Crippen LogP contribution in [0, 0.1) is 11.8 Å². The predicted octanol–water partition coefficient (Wildman–Crippen LogP) is 2.06. The third kappa shape index (κ3) is 3.40. The van der Waals surface area contributed by atoms with Crippen LogP contribution in [0.2, 0.25) is 5.15 Å². The second-order valence-corrected chi connectivity index (χ2v) is 6.64. The lowest BCUT2D eigenvalue weighted by atomic mass is 10.1. The second kappa shape index (κ2) is 4.92. The van der Waals surface area contributed by atoms with E-state index in [1.54, 1.807) is 0 Å². The van der Waals surface area contributed by atoms with Crippen LogP contribution in [0.5, 0.6) is 0 Å². The molecule has 2 rings (SSSR count). The van der Waals surface area contributed by atoms with Gasteiger partial charge in [0.1, 0.15) is 5.15 Å². The van der Waals surface area contributed by atoms with E-state index in [-0.39, 0.29) is 10.0 Å². The molecule has 4 nitrogen and oxygen atoms in total. The van der Waals surface area contributed by atoms with Gasteiger partial charge in [0, 0.05) is 12.7 Å². The summed E-state index contributed by atoms with van der Waals surface area (Å²) in [5.74, 6) is 1.07. The van der Waals surface area contributed by atoms with Gasteiger partial charge in [0.25, 0.3) is 0 Å². The first-order valence-electron chi connectivity index (χ1n) is 5.60. The molecule has 6 heteroatoms. The van der Waals surface area contributed by atoms with Crippen molar-refractivity contribution in [2.24, 2.45) is 11.8 Å². The number of halogens is 1. The van der Waals surface area contributed by atoms with Crippen molar-refractivity contribution in [3.8, 4) is 0 Å². The summed E-state index contributed by atoms with van der Waals surface area (Å²) in [6.45, 7) is 2.55. The minimum atomic E-state index is -3.46. The van der Waals surface area contributed by atoms with E-state index in [1.165, 1.54) is 31.2 Å². The number of hydrogen-bond acceptors (Lipinski definition) is 3. The van der Waals surface area contributed by atoms with Crippen LogP contribution in [-0.2, 0) is 10.0 Å². The molecule has 1 N–H and O–H groups in total. The van der Waals surface area contributed by atoms with E-state index < -0.39 is 10.0 Å². The topological polar surface area (TPSA) is 59.1 Å². The quantitative estimate of drug-likeness (QED) is 0.836. The van der Waals surface area contributed by atoms with Gasteiger partial charge < -0.3 is 0 Å². The van der Waals surface area contributed by atoms with Crippen molar-refractivity contribution in [2.45, 2.75) is 24.7 Å². The van der Waals surface area contributed by atoms with Crippen molar-refractivity contribution in [3.05, 3.63) is 23.5 Å². The van der Waals surface area contributed by atoms with Crippen LogP contribution in [0.15, 0.2) is 23.2 Å². The molecule has 1 aromatic heterocycles. The van der Waals surface area contributed by atoms with Gasteiger partial charge in [-0.2, -0.15) is 0 Å². The summed E-state index contributed by atoms with van der Waals surface area (Å²) in [6, 6.07) is 2.79. The molecule has 17 heavy (non-hydrogen) atoms. The minimum absolute atomic E-state index is 0.167. The summed E-state index contributed by atoms with van der Waals surface area (Å²) >= 11 is 5.67. The van der Waals surface area contributed by atoms with Crippen LogP contribution in [0.4, 0.5) is 0 Å². The van der Waals surface area contributed by atoms with E-state index in [4.69, 9.17) is 11.6 Å². The van der Waals surface area contributed by atoms with Crippen molar-refractivity contribution in [3.63, 3.8) is 0 Å². The van der Waals surface area contributed by atoms with E-state index in [9.17, 15) is 8.42 Å². The fourth-order valence-electron chi connectivity index (χ4n) is 1.71. The first-order chi connectivity index (χ1) is 7.99. The van der Waals surface area contributed by atoms with Crippen molar-refractivity contribution in [1.29, 1.82) is 0 Å². The Balaban J connectivity index is 2.03. The van der Waals surface area contributed by atoms with Crippen molar-refractivity contribution < 1.29 is 8.42 Å². The van der Waals surface area contributed by atoms with Crippen LogP contribution in [0.1, 0.15) is 19.8 Å². The number of rotatable bonds is 5. The number of nitrogens with zero attached hydrogens (tertiary/aromatic N) is 1. The minimum Gasteiger partial charge on any atom is -0.244 e. The normalized spacial score (nSPS) is 18.0. The Morgan fingerprint density at radius 3 is 2.88 bits per heavy atom. The highest BCUT2D eigenvalue weighted by Crippen LogP contribution is 2.36. The van der Waals surface area contributed by atoms with Gasteiger partial charge in [0.15, 0.2) is 0 Å². The molecular weight excluding hydrogens is 260 g/mol. The highest BCUT2D eigenvalue weighted by molar-refractivity contribution is 7.89. The van der Waals surface area contributed by atoms with Gasteiger partial charge in [0.2, 0.25) is 10.0 Å². The Kier molecular flexibility index (Phi) is 3.70. The largest absolute Gasteiger partial charge is 0.244 e. The average Bonchev–Trinajstić information content (AvgIpc) is 3.10. The maximum Gasteiger partial charge on any atom is 0.240 e. The summed E-state index contributed by atoms with van der Waals surface area (Å²) in [5, 5.41) is 0.183. The first kappa shape index (κ1) is 12.8. The molecule has 0 saturated heterocycles. The Morgan fingerprint density at radius 1 is 1.59 bits per heavy atom. The molecule has 0 bridgehead atoms. The van der Waals surface area contributed by atoms with E-state index in [0.717, 1.165) is 0 Å². The molecule has 1 aliphatic carbocycles. The van der Waals surface area contributed by atoms with Gasteiger partial charge in [-0.15, -0.1) is 0 Å². The van der Waals surface area contributed by atoms with Gasteiger partial charge in [-0.05, 0) is 36.8 Å². The molecule has 0 aromatic carbocycles. The predicted molar refractivity (Wildman–Crippen MR) is 66.3 cm³/mol. The maximum absolute atomic E-state index is 11.9. The smallest absolute Gasteiger partial charge is 0.240 e. The lowest BCUT2D eigenvalue weighted by Gasteiger charge is -2.11. The standard InChI is InChI=1S/C11H15ClN2O2S/c1-8(9-2-3-9)7-14-17(15,16)10-4-5-13-11(12)6-10/h4-6,8-9,14H,2-3,7H2,1H3. The SMILES string of the molecule is CC(CNS(=O)(=O)c1ccnc(Cl)c1)C1CC1. The Hall–Kier alpha value is -0.650. The third-order valence-corrected chi connectivity index (χ3v) is 4.66. The van der Waals surface area contributed by atoms with Gasteiger partial charge in [-0.3, -0.25) is 0 Å². The molecule has 1 aromatic rings. The second-order valence-electron chi connectivity index (χ2n) is 4.48. The lowest BCUT2D eigenvalue weighted by molar-refractivity contribution is 0.492. The molecule has 1 aliphatic rings. The van der Waals surface area contributed by atoms with E-state index in [0.29, 0.717) is 18.4 Å². The van der Waals surface area contributed by atoms with Crippen molar-refractivity contribution in [1.82, 2.24) is 9.71 Å². The highest BCUT2D eigenvalue weighted by atomic mass is 35.5. The molecule has 0 radical (unpaired) electrons. The zero-order chi connectivity index (χ0) is 12.5. The number of pyridine rings is 1. The number of nitrogens with one attached hydrogen (secondary N) is 1. The van der Waals surface area contributed by atoms with Gasteiger partial charge in [0.05, 0.1) is 4.90 Å². The number of sulfonamides is 1. The Labute approximate surface area is 106 Å². The molecule has 1 fully saturated rings. The monoisotopic (exact) mass is 274 g/mol. The third-order valence-electron chi connectivity index (χ3n) is 3.03. The summed E-state index contributed by atoms with van der Waals surface area (Å²) < 4.78 is 26.5. The molecule has 94 valence electrons. The van der Waals surface area contributed by atoms with Crippen LogP contribution in [0.3, 0.4) is 0 Å². The number of hydrogen-bond donors (Lipinski definition) is 1. The van der Waals surface area contributed by atoms with Crippen LogP contribution in [0.25, 0.3) is 0 Å². The lowest BCUT2D eigenvalue weighted by Crippen LogP contribution is -2.29. The van der Waals surface area contributed by atoms with Gasteiger partial charge in [-0.25, -0.2) is 18.1 Å². The zero-order valence-corrected chi connectivity index (χ0v) is 11.1. The van der Waals surface area contributed by atoms with Gasteiger partial charge >= 0.3 is 0 Å². The summed E-state index contributed by atoms with van der Waals surface area (Å²) in [5.41, 5.74) is 0. The Morgan fingerprint density at radius 2 is 2.29 bits per heavy atom. The molecule has 1 heterocycles. The van der Waals surface area contributed by atoms with Crippen molar-refractivity contribution >= 4 is 21.6 Å². The Bertz CT molecular complexity index is 500. The van der Waals surface area contributed by atoms with Crippen LogP contribution >= 0.6 is 11.6 Å². The molecule has 1 saturated carbocycles. The fraction of sp³-hybridized carbons (Fsp3) is 0.545. The van der Waals surface area contributed by atoms with Crippen molar-refractivity contribution in [2.75, 3.05) is 6.54 Å². The number of aromatic nitrogens is 1. The molecule has 1 unspecified atom stereocenters. The molecule has 0 amide bonds. The van der Waals surface area contributed by atoms with Crippen LogP contribution < -0.4 is 4.72 Å². The fourth-order valence-corrected chi connectivity index (χ4v) is 3.10. The average molecular weight is 275 g/mol. The maximum atomic E-state index is 11.9. The van der Waals surface area contributed by atoms with Crippen LogP contribution in [-0.4, -0.2) is 19.9 Å². The molecule has 0 spiro atoms. The van der Waals surface area contributed by atoms with E-state index >= 15 is 0 Å². The summed E-state index contributed by atoms with van der Waals surface area (Å²) in [7, 11) is -3.46. The molecular formula is C11H15ClN2O2S. The zero-order valence-electron chi connectivity index (χ0n) is 9.56.